The molecule has 46 heavy (non-hydrogen) atoms. The maximum absolute atomic E-state index is 7.09. The third kappa shape index (κ3) is 5.88. The van der Waals surface area contributed by atoms with Crippen LogP contribution in [-0.4, -0.2) is 0 Å². The maximum Gasteiger partial charge on any atom is 3.00 e. The minimum Gasteiger partial charge on any atom is -0.404 e. The summed E-state index contributed by atoms with van der Waals surface area (Å²) >= 11 is 0. The molecule has 0 aliphatic carbocycles. The third-order valence-electron chi connectivity index (χ3n) is 7.98. The number of benzene rings is 7. The van der Waals surface area contributed by atoms with Crippen molar-refractivity contribution in [2.24, 2.45) is 0 Å². The van der Waals surface area contributed by atoms with E-state index in [1.54, 1.807) is 0 Å². The van der Waals surface area contributed by atoms with Crippen LogP contribution < -0.4 is 4.67 Å². The second kappa shape index (κ2) is 14.2. The monoisotopic (exact) mass is 795 g/mol. The van der Waals surface area contributed by atoms with Crippen molar-refractivity contribution >= 4 is 57.3 Å². The van der Waals surface area contributed by atoms with Gasteiger partial charge in [-0.2, -0.15) is 24.3 Å². The molecule has 1 aromatic heterocycles. The van der Waals surface area contributed by atoms with Crippen LogP contribution in [0.25, 0.3) is 43.5 Å². The van der Waals surface area contributed by atoms with Crippen molar-refractivity contribution in [2.45, 2.75) is 6.04 Å². The average molecular weight is 795 g/mol. The Labute approximate surface area is 285 Å². The fourth-order valence-electron chi connectivity index (χ4n) is 6.04. The second-order valence-corrected chi connectivity index (χ2v) is 11.8. The minimum atomic E-state index is -1.71. The number of hydrogen-bond acceptors (Lipinski definition) is 3. The van der Waals surface area contributed by atoms with E-state index in [4.69, 9.17) is 8.39 Å². The van der Waals surface area contributed by atoms with Crippen molar-refractivity contribution in [2.75, 3.05) is 4.67 Å². The molecule has 0 aliphatic rings. The van der Waals surface area contributed by atoms with Gasteiger partial charge in [-0.3, -0.25) is 4.67 Å². The van der Waals surface area contributed by atoms with Crippen molar-refractivity contribution in [3.63, 3.8) is 0 Å². The van der Waals surface area contributed by atoms with Crippen molar-refractivity contribution in [1.29, 1.82) is 0 Å². The van der Waals surface area contributed by atoms with Gasteiger partial charge in [0.05, 0.1) is 6.04 Å². The van der Waals surface area contributed by atoms with Crippen LogP contribution >= 0.6 is 8.16 Å². The summed E-state index contributed by atoms with van der Waals surface area (Å²) in [6.07, 6.45) is 0. The number of para-hydroxylation sites is 1. The van der Waals surface area contributed by atoms with Crippen molar-refractivity contribution < 1.29 is 28.5 Å². The molecule has 0 bridgehead atoms. The Morgan fingerprint density at radius 1 is 0.500 bits per heavy atom. The largest absolute Gasteiger partial charge is 3.00 e. The first-order chi connectivity index (χ1) is 21.3. The number of nitrogens with zero attached hydrogens (tertiary/aromatic N) is 1. The molecule has 0 fully saturated rings. The summed E-state index contributed by atoms with van der Waals surface area (Å²) in [5.74, 6) is 0. The molecule has 8 rings (SSSR count). The SMILES string of the molecule is [CH3-].[CH3-].[Ir+3].[c-]1ccccc1N(C(c1ccccc1)c1ccccc1)p1oc2ccc3ccccc3c2c2c(ccc3ccccc32)o1. The molecule has 0 radical (unpaired) electrons. The summed E-state index contributed by atoms with van der Waals surface area (Å²) in [5.41, 5.74) is 4.80. The summed E-state index contributed by atoms with van der Waals surface area (Å²) in [6.45, 7) is 0. The van der Waals surface area contributed by atoms with Gasteiger partial charge in [-0.25, -0.2) is 0 Å². The predicted octanol–water partition coefficient (Wildman–Crippen LogP) is 12.4. The quantitative estimate of drug-likeness (QED) is 0.163. The van der Waals surface area contributed by atoms with Gasteiger partial charge < -0.3 is 23.2 Å². The zero-order valence-electron chi connectivity index (χ0n) is 25.6. The van der Waals surface area contributed by atoms with Gasteiger partial charge >= 0.3 is 28.3 Å². The van der Waals surface area contributed by atoms with Crippen LogP contribution in [0.15, 0.2) is 166 Å². The summed E-state index contributed by atoms with van der Waals surface area (Å²) in [5, 5.41) is 6.71. The van der Waals surface area contributed by atoms with E-state index in [1.165, 1.54) is 0 Å². The Bertz CT molecular complexity index is 2120. The summed E-state index contributed by atoms with van der Waals surface area (Å²) in [4.78, 5) is 0. The number of rotatable bonds is 5. The van der Waals surface area contributed by atoms with Gasteiger partial charge in [-0.1, -0.05) is 127 Å². The van der Waals surface area contributed by atoms with Crippen LogP contribution in [0.3, 0.4) is 0 Å². The van der Waals surface area contributed by atoms with Crippen molar-refractivity contribution in [3.05, 3.63) is 190 Å². The van der Waals surface area contributed by atoms with E-state index in [9.17, 15) is 0 Å². The summed E-state index contributed by atoms with van der Waals surface area (Å²) in [6, 6.07) is 58.0. The smallest absolute Gasteiger partial charge is 0.404 e. The summed E-state index contributed by atoms with van der Waals surface area (Å²) in [7, 11) is -1.71. The van der Waals surface area contributed by atoms with E-state index in [1.807, 2.05) is 18.2 Å². The molecular formula is C41H33IrNO2P. The zero-order valence-corrected chi connectivity index (χ0v) is 28.9. The van der Waals surface area contributed by atoms with Crippen molar-refractivity contribution in [3.8, 4) is 0 Å². The zero-order chi connectivity index (χ0) is 28.6. The topological polar surface area (TPSA) is 29.5 Å². The molecule has 8 aromatic rings. The molecule has 0 aliphatic heterocycles. The minimum absolute atomic E-state index is 0. The van der Waals surface area contributed by atoms with Gasteiger partial charge in [0.2, 0.25) is 0 Å². The molecule has 1 heterocycles. The fourth-order valence-corrected chi connectivity index (χ4v) is 7.65. The molecule has 228 valence electrons. The molecule has 0 atom stereocenters. The van der Waals surface area contributed by atoms with Crippen LogP contribution in [0.2, 0.25) is 0 Å². The Morgan fingerprint density at radius 3 is 1.43 bits per heavy atom. The number of hydrogen-bond donors (Lipinski definition) is 0. The van der Waals surface area contributed by atoms with Gasteiger partial charge in [0, 0.05) is 10.8 Å². The molecule has 0 N–H and O–H groups in total. The number of anilines is 1. The fraction of sp³-hybridized carbons (Fsp3) is 0.0244. The van der Waals surface area contributed by atoms with Gasteiger partial charge in [0.15, 0.2) is 0 Å². The Kier molecular flexibility index (Phi) is 10.1. The van der Waals surface area contributed by atoms with E-state index >= 15 is 0 Å². The van der Waals surface area contributed by atoms with E-state index in [2.05, 4.69) is 150 Å². The molecule has 0 amide bonds. The first-order valence-electron chi connectivity index (χ1n) is 14.4. The molecule has 3 nitrogen and oxygen atoms in total. The van der Waals surface area contributed by atoms with Crippen LogP contribution in [0.5, 0.6) is 0 Å². The Hall–Kier alpha value is -4.59. The molecule has 0 spiro atoms. The number of fused-ring (bicyclic) bond motifs is 7. The molecule has 0 unspecified atom stereocenters. The van der Waals surface area contributed by atoms with E-state index in [-0.39, 0.29) is 41.0 Å². The third-order valence-corrected chi connectivity index (χ3v) is 9.48. The van der Waals surface area contributed by atoms with Gasteiger partial charge in [0.25, 0.3) is 0 Å². The molecular weight excluding hydrogens is 762 g/mol. The average Bonchev–Trinajstić information content (AvgIpc) is 3.25. The van der Waals surface area contributed by atoms with Gasteiger partial charge in [0.1, 0.15) is 11.2 Å². The van der Waals surface area contributed by atoms with Crippen molar-refractivity contribution in [1.82, 2.24) is 0 Å². The standard InChI is InChI=1S/C39H27NO2P.2CH3.Ir/c1-4-16-30(17-5-1)39(31-18-6-2-7-19-31)40(32-20-8-3-9-21-32)43-41-35-26-24-28-14-10-12-22-33(28)37(35)38-34-23-13-11-15-29(34)25-27-36(38)42-43;;;/h1-20,22-27,39H;2*1H3;/q3*-1;+3. The Morgan fingerprint density at radius 2 is 0.957 bits per heavy atom. The van der Waals surface area contributed by atoms with E-state index < -0.39 is 8.16 Å². The first kappa shape index (κ1) is 32.8. The van der Waals surface area contributed by atoms with Crippen LogP contribution in [-0.2, 0) is 20.1 Å². The summed E-state index contributed by atoms with van der Waals surface area (Å²) < 4.78 is 16.4. The Balaban J connectivity index is 0.00000139. The molecule has 0 saturated carbocycles. The van der Waals surface area contributed by atoms with E-state index in [0.29, 0.717) is 0 Å². The molecule has 7 aromatic carbocycles. The normalized spacial score (nSPS) is 10.7. The molecule has 5 heteroatoms. The maximum atomic E-state index is 7.09. The van der Waals surface area contributed by atoms with Gasteiger partial charge in [-0.15, -0.1) is 6.07 Å². The van der Waals surface area contributed by atoms with Crippen LogP contribution in [0.4, 0.5) is 5.69 Å². The second-order valence-electron chi connectivity index (χ2n) is 10.6. The van der Waals surface area contributed by atoms with Crippen LogP contribution in [0.1, 0.15) is 17.2 Å². The van der Waals surface area contributed by atoms with Crippen LogP contribution in [0, 0.1) is 20.9 Å². The first-order valence-corrected chi connectivity index (χ1v) is 15.5. The predicted molar refractivity (Wildman–Crippen MR) is 192 cm³/mol. The van der Waals surface area contributed by atoms with E-state index in [0.717, 1.165) is 60.3 Å². The molecule has 0 saturated heterocycles. The van der Waals surface area contributed by atoms with Gasteiger partial charge in [-0.05, 0) is 44.8 Å².